The van der Waals surface area contributed by atoms with E-state index in [9.17, 15) is 24.4 Å². The van der Waals surface area contributed by atoms with Crippen LogP contribution < -0.4 is 0 Å². The second-order valence-electron chi connectivity index (χ2n) is 13.3. The number of carbonyl (C=O) groups is 4. The minimum atomic E-state index is -0.974. The summed E-state index contributed by atoms with van der Waals surface area (Å²) in [6, 6.07) is 2.15. The van der Waals surface area contributed by atoms with Gasteiger partial charge in [-0.05, 0) is 66.2 Å². The molecule has 42 heavy (non-hydrogen) atoms. The van der Waals surface area contributed by atoms with Crippen molar-refractivity contribution in [2.24, 2.45) is 39.9 Å². The fourth-order valence-electron chi connectivity index (χ4n) is 6.15. The monoisotopic (exact) mass is 593 g/mol. The molecule has 5 fully saturated rings. The number of fused-ring (bicyclic) bond motifs is 2. The number of methoxy groups -OCH3 is 2. The number of nitriles is 1. The molecule has 2 heterocycles. The summed E-state index contributed by atoms with van der Waals surface area (Å²) in [4.78, 5) is 46.0. The minimum absolute atomic E-state index is 0.0599. The van der Waals surface area contributed by atoms with Crippen molar-refractivity contribution in [1.82, 2.24) is 0 Å². The third-order valence-corrected chi connectivity index (χ3v) is 9.72. The Kier molecular flexibility index (Phi) is 12.4. The summed E-state index contributed by atoms with van der Waals surface area (Å²) in [6.07, 6.45) is 6.72. The lowest BCUT2D eigenvalue weighted by Crippen LogP contribution is -2.42. The number of hydrogen-bond acceptors (Lipinski definition) is 10. The van der Waals surface area contributed by atoms with Gasteiger partial charge in [0.15, 0.2) is 5.41 Å². The fraction of sp³-hybridized carbons (Fsp3) is 0.844. The van der Waals surface area contributed by atoms with Crippen molar-refractivity contribution in [1.29, 1.82) is 5.26 Å². The summed E-state index contributed by atoms with van der Waals surface area (Å²) < 4.78 is 24.8. The molecule has 10 heteroatoms. The zero-order chi connectivity index (χ0) is 31.9. The molecule has 0 radical (unpaired) electrons. The zero-order valence-corrected chi connectivity index (χ0v) is 26.9. The van der Waals surface area contributed by atoms with E-state index < -0.39 is 22.9 Å². The molecule has 7 unspecified atom stereocenters. The molecular weight excluding hydrogens is 542 g/mol. The molecule has 7 atom stereocenters. The molecule has 0 N–H and O–H groups in total. The van der Waals surface area contributed by atoms with Crippen LogP contribution in [0.15, 0.2) is 0 Å². The van der Waals surface area contributed by atoms with Crippen molar-refractivity contribution < 1.29 is 42.9 Å². The van der Waals surface area contributed by atoms with Gasteiger partial charge in [-0.25, -0.2) is 0 Å². The van der Waals surface area contributed by atoms with Crippen LogP contribution in [0.3, 0.4) is 0 Å². The Balaban J connectivity index is 0.000000235. The predicted octanol–water partition coefficient (Wildman–Crippen LogP) is 5.02. The highest BCUT2D eigenvalue weighted by Crippen LogP contribution is 2.62. The number of rotatable bonds is 5. The van der Waals surface area contributed by atoms with Crippen molar-refractivity contribution in [2.45, 2.75) is 105 Å². The Labute approximate surface area is 251 Å². The van der Waals surface area contributed by atoms with Crippen molar-refractivity contribution in [3.05, 3.63) is 0 Å². The lowest BCUT2D eigenvalue weighted by atomic mass is 9.74. The molecule has 2 saturated heterocycles. The zero-order valence-electron chi connectivity index (χ0n) is 26.9. The summed E-state index contributed by atoms with van der Waals surface area (Å²) in [5.74, 6) is 0.0683. The molecule has 10 nitrogen and oxygen atoms in total. The van der Waals surface area contributed by atoms with Crippen molar-refractivity contribution in [2.75, 3.05) is 27.9 Å². The molecule has 3 aliphatic carbocycles. The van der Waals surface area contributed by atoms with E-state index in [4.69, 9.17) is 14.2 Å². The average Bonchev–Trinajstić information content (AvgIpc) is 3.69. The van der Waals surface area contributed by atoms with Crippen molar-refractivity contribution in [3.63, 3.8) is 0 Å². The highest BCUT2D eigenvalue weighted by Gasteiger charge is 2.72. The Morgan fingerprint density at radius 1 is 0.976 bits per heavy atom. The Bertz CT molecular complexity index is 1020. The van der Waals surface area contributed by atoms with Crippen LogP contribution in [-0.2, 0) is 42.9 Å². The first-order valence-corrected chi connectivity index (χ1v) is 15.2. The maximum atomic E-state index is 12.2. The third kappa shape index (κ3) is 7.45. The van der Waals surface area contributed by atoms with E-state index >= 15 is 0 Å². The normalized spacial score (nSPS) is 31.8. The highest BCUT2D eigenvalue weighted by molar-refractivity contribution is 5.84. The summed E-state index contributed by atoms with van der Waals surface area (Å²) in [6.45, 7) is 12.1. The number of carbonyl (C=O) groups excluding carboxylic acids is 4. The van der Waals surface area contributed by atoms with E-state index in [2.05, 4.69) is 15.5 Å². The Morgan fingerprint density at radius 3 is 2.05 bits per heavy atom. The quantitative estimate of drug-likeness (QED) is 0.315. The molecule has 238 valence electrons. The summed E-state index contributed by atoms with van der Waals surface area (Å²) in [7, 11) is 4.67. The molecule has 2 bridgehead atoms. The molecule has 0 spiro atoms. The van der Waals surface area contributed by atoms with E-state index in [1.807, 2.05) is 41.5 Å². The number of esters is 4. The van der Waals surface area contributed by atoms with E-state index in [-0.39, 0.29) is 47.2 Å². The standard InChI is InChI=1S/C15H19NO4.C8H12O2.C7H14O2.C2H6O/c1-4-14(2,3)12(17)19-10-8-5-9-11(10)20-13(18)15(9,6-8)7-16;9-8-7-4-2-1-3-6(7)5-10-8;1-5-7(2,3)6(8)9-4;1-3-2/h8-11H,4-6H2,1-3H3;6-7H,1-5H2;5H2,1-4H3;1-2H3. The van der Waals surface area contributed by atoms with Gasteiger partial charge in [0.1, 0.15) is 12.2 Å². The molecule has 5 rings (SSSR count). The van der Waals surface area contributed by atoms with Crippen molar-refractivity contribution >= 4 is 23.9 Å². The number of hydrogen-bond donors (Lipinski definition) is 0. The molecule has 0 aromatic carbocycles. The summed E-state index contributed by atoms with van der Waals surface area (Å²) in [5.41, 5.74) is -1.82. The maximum Gasteiger partial charge on any atom is 0.327 e. The van der Waals surface area contributed by atoms with Crippen LogP contribution in [0.2, 0.25) is 0 Å². The number of ether oxygens (including phenoxy) is 5. The number of nitrogens with zero attached hydrogens (tertiary/aromatic N) is 1. The first-order chi connectivity index (χ1) is 19.7. The van der Waals surface area contributed by atoms with Gasteiger partial charge >= 0.3 is 23.9 Å². The average molecular weight is 594 g/mol. The lowest BCUT2D eigenvalue weighted by Gasteiger charge is -2.30. The lowest BCUT2D eigenvalue weighted by molar-refractivity contribution is -0.170. The number of cyclic esters (lactones) is 1. The minimum Gasteiger partial charge on any atom is -0.469 e. The second kappa shape index (κ2) is 14.7. The van der Waals surface area contributed by atoms with Crippen LogP contribution in [0.5, 0.6) is 0 Å². The van der Waals surface area contributed by atoms with Crippen LogP contribution >= 0.6 is 0 Å². The van der Waals surface area contributed by atoms with Gasteiger partial charge in [0, 0.05) is 32.0 Å². The summed E-state index contributed by atoms with van der Waals surface area (Å²) in [5, 5.41) is 9.31. The van der Waals surface area contributed by atoms with Crippen LogP contribution in [-0.4, -0.2) is 64.0 Å². The topological polar surface area (TPSA) is 138 Å². The third-order valence-electron chi connectivity index (χ3n) is 9.72. The van der Waals surface area contributed by atoms with Gasteiger partial charge in [0.25, 0.3) is 0 Å². The predicted molar refractivity (Wildman–Crippen MR) is 154 cm³/mol. The summed E-state index contributed by atoms with van der Waals surface area (Å²) >= 11 is 0. The van der Waals surface area contributed by atoms with Crippen LogP contribution in [0.25, 0.3) is 0 Å². The van der Waals surface area contributed by atoms with Gasteiger partial charge < -0.3 is 23.7 Å². The second-order valence-corrected chi connectivity index (χ2v) is 13.3. The van der Waals surface area contributed by atoms with Gasteiger partial charge in [0.2, 0.25) is 0 Å². The maximum absolute atomic E-state index is 12.2. The van der Waals surface area contributed by atoms with Crippen LogP contribution in [0.1, 0.15) is 92.9 Å². The highest BCUT2D eigenvalue weighted by atomic mass is 16.6. The van der Waals surface area contributed by atoms with E-state index in [1.165, 1.54) is 26.4 Å². The van der Waals surface area contributed by atoms with E-state index in [0.717, 1.165) is 19.3 Å². The Morgan fingerprint density at radius 2 is 1.55 bits per heavy atom. The molecule has 3 saturated carbocycles. The van der Waals surface area contributed by atoms with Crippen LogP contribution in [0, 0.1) is 51.2 Å². The first kappa shape index (κ1) is 35.5. The molecule has 0 aromatic rings. The smallest absolute Gasteiger partial charge is 0.327 e. The molecular formula is C32H51NO9. The SMILES string of the molecule is CCC(C)(C)C(=O)OC.CCC(C)(C)C(=O)OC1C2CC3C1OC(=O)C3(C#N)C2.COC.O=C1OCC2CCCCC12. The van der Waals surface area contributed by atoms with Crippen LogP contribution in [0.4, 0.5) is 0 Å². The molecule has 0 amide bonds. The Hall–Kier alpha value is -2.67. The largest absolute Gasteiger partial charge is 0.469 e. The van der Waals surface area contributed by atoms with E-state index in [0.29, 0.717) is 25.4 Å². The first-order valence-electron chi connectivity index (χ1n) is 15.2. The molecule has 5 aliphatic rings. The van der Waals surface area contributed by atoms with Crippen molar-refractivity contribution in [3.8, 4) is 6.07 Å². The molecule has 0 aromatic heterocycles. The van der Waals surface area contributed by atoms with Gasteiger partial charge in [-0.3, -0.25) is 19.2 Å². The fourth-order valence-corrected chi connectivity index (χ4v) is 6.15. The van der Waals surface area contributed by atoms with Gasteiger partial charge in [0.05, 0.1) is 36.5 Å². The molecule has 2 aliphatic heterocycles. The van der Waals surface area contributed by atoms with Gasteiger partial charge in [-0.15, -0.1) is 0 Å². The van der Waals surface area contributed by atoms with Gasteiger partial charge in [-0.1, -0.05) is 26.7 Å². The van der Waals surface area contributed by atoms with E-state index in [1.54, 1.807) is 14.2 Å². The van der Waals surface area contributed by atoms with Gasteiger partial charge in [-0.2, -0.15) is 5.26 Å².